The lowest BCUT2D eigenvalue weighted by Crippen LogP contribution is -2.19. The molecule has 0 aliphatic carbocycles. The van der Waals surface area contributed by atoms with Crippen LogP contribution in [0.25, 0.3) is 0 Å². The zero-order valence-corrected chi connectivity index (χ0v) is 6.03. The Morgan fingerprint density at radius 1 is 1.45 bits per heavy atom. The van der Waals surface area contributed by atoms with Gasteiger partial charge in [-0.3, -0.25) is 0 Å². The van der Waals surface area contributed by atoms with Gasteiger partial charge in [0.2, 0.25) is 0 Å². The summed E-state index contributed by atoms with van der Waals surface area (Å²) < 4.78 is 15.2. The lowest BCUT2D eigenvalue weighted by Gasteiger charge is -2.05. The van der Waals surface area contributed by atoms with Gasteiger partial charge in [-0.15, -0.1) is 0 Å². The molecule has 1 atom stereocenters. The predicted molar refractivity (Wildman–Crippen MR) is 37.3 cm³/mol. The van der Waals surface area contributed by atoms with E-state index in [9.17, 15) is 0 Å². The second kappa shape index (κ2) is 2.43. The number of rotatable bonds is 1. The maximum atomic E-state index is 5.19. The van der Waals surface area contributed by atoms with E-state index in [1.54, 1.807) is 18.2 Å². The molecule has 1 radical (unpaired) electrons. The SMILES string of the molecule is COC1Oc2c[c]ccc2O1. The maximum absolute atomic E-state index is 5.19. The van der Waals surface area contributed by atoms with Crippen molar-refractivity contribution in [1.82, 2.24) is 0 Å². The Hall–Kier alpha value is -1.22. The van der Waals surface area contributed by atoms with Gasteiger partial charge < -0.3 is 14.2 Å². The Morgan fingerprint density at radius 2 is 2.27 bits per heavy atom. The zero-order chi connectivity index (χ0) is 7.68. The van der Waals surface area contributed by atoms with E-state index in [2.05, 4.69) is 6.07 Å². The van der Waals surface area contributed by atoms with Crippen LogP contribution in [0.1, 0.15) is 0 Å². The third kappa shape index (κ3) is 1.03. The molecule has 3 nitrogen and oxygen atoms in total. The molecule has 0 saturated heterocycles. The molecule has 0 amide bonds. The number of hydrogen-bond acceptors (Lipinski definition) is 3. The fraction of sp³-hybridized carbons (Fsp3) is 0.250. The first-order valence-electron chi connectivity index (χ1n) is 3.26. The van der Waals surface area contributed by atoms with Gasteiger partial charge in [-0.1, -0.05) is 6.07 Å². The number of fused-ring (bicyclic) bond motifs is 1. The monoisotopic (exact) mass is 151 g/mol. The van der Waals surface area contributed by atoms with Gasteiger partial charge in [0.1, 0.15) is 0 Å². The highest BCUT2D eigenvalue weighted by Gasteiger charge is 2.22. The van der Waals surface area contributed by atoms with Crippen LogP contribution in [0.4, 0.5) is 0 Å². The fourth-order valence-corrected chi connectivity index (χ4v) is 0.918. The van der Waals surface area contributed by atoms with Crippen molar-refractivity contribution in [2.75, 3.05) is 7.11 Å². The largest absolute Gasteiger partial charge is 0.428 e. The first-order valence-corrected chi connectivity index (χ1v) is 3.26. The van der Waals surface area contributed by atoms with E-state index in [4.69, 9.17) is 14.2 Å². The summed E-state index contributed by atoms with van der Waals surface area (Å²) in [6, 6.07) is 8.14. The third-order valence-electron chi connectivity index (χ3n) is 1.43. The molecule has 57 valence electrons. The molecule has 11 heavy (non-hydrogen) atoms. The predicted octanol–water partition coefficient (Wildman–Crippen LogP) is 1.19. The van der Waals surface area contributed by atoms with Crippen LogP contribution < -0.4 is 9.47 Å². The summed E-state index contributed by atoms with van der Waals surface area (Å²) >= 11 is 0. The quantitative estimate of drug-likeness (QED) is 0.603. The van der Waals surface area contributed by atoms with Gasteiger partial charge in [-0.2, -0.15) is 0 Å². The second-order valence-corrected chi connectivity index (χ2v) is 2.13. The summed E-state index contributed by atoms with van der Waals surface area (Å²) in [5.41, 5.74) is 0. The van der Waals surface area contributed by atoms with E-state index in [1.165, 1.54) is 7.11 Å². The minimum atomic E-state index is -0.596. The van der Waals surface area contributed by atoms with Crippen molar-refractivity contribution in [2.45, 2.75) is 6.48 Å². The van der Waals surface area contributed by atoms with E-state index in [1.807, 2.05) is 0 Å². The highest BCUT2D eigenvalue weighted by Crippen LogP contribution is 2.33. The van der Waals surface area contributed by atoms with Gasteiger partial charge in [0.25, 0.3) is 0 Å². The third-order valence-corrected chi connectivity index (χ3v) is 1.43. The molecule has 0 fully saturated rings. The first kappa shape index (κ1) is 6.49. The summed E-state index contributed by atoms with van der Waals surface area (Å²) in [5, 5.41) is 0. The lowest BCUT2D eigenvalue weighted by atomic mass is 10.3. The summed E-state index contributed by atoms with van der Waals surface area (Å²) in [4.78, 5) is 0. The maximum Gasteiger partial charge on any atom is 0.360 e. The molecule has 0 bridgehead atoms. The lowest BCUT2D eigenvalue weighted by molar-refractivity contribution is -0.157. The standard InChI is InChI=1S/C8H7O3/c1-9-8-10-6-4-2-3-5-7(6)11-8/h2,4-5,8H,1H3. The summed E-state index contributed by atoms with van der Waals surface area (Å²) in [5.74, 6) is 1.38. The van der Waals surface area contributed by atoms with Crippen molar-refractivity contribution in [3.05, 3.63) is 24.3 Å². The fourth-order valence-electron chi connectivity index (χ4n) is 0.918. The van der Waals surface area contributed by atoms with Crippen LogP contribution in [0.3, 0.4) is 0 Å². The molecule has 0 N–H and O–H groups in total. The van der Waals surface area contributed by atoms with Crippen LogP contribution in [-0.4, -0.2) is 13.6 Å². The second-order valence-electron chi connectivity index (χ2n) is 2.13. The average molecular weight is 151 g/mol. The molecule has 3 heteroatoms. The van der Waals surface area contributed by atoms with Crippen molar-refractivity contribution in [3.63, 3.8) is 0 Å². The van der Waals surface area contributed by atoms with Crippen molar-refractivity contribution in [1.29, 1.82) is 0 Å². The van der Waals surface area contributed by atoms with Gasteiger partial charge in [0, 0.05) is 7.11 Å². The molecule has 1 heterocycles. The molecule has 0 aromatic heterocycles. The van der Waals surface area contributed by atoms with Gasteiger partial charge >= 0.3 is 6.48 Å². The minimum absolute atomic E-state index is 0.596. The normalized spacial score (nSPS) is 15.4. The Morgan fingerprint density at radius 3 is 3.00 bits per heavy atom. The average Bonchev–Trinajstić information content (AvgIpc) is 2.46. The zero-order valence-electron chi connectivity index (χ0n) is 6.03. The molecule has 0 saturated carbocycles. The van der Waals surface area contributed by atoms with E-state index in [0.717, 1.165) is 0 Å². The number of ether oxygens (including phenoxy) is 3. The Balaban J connectivity index is 2.27. The van der Waals surface area contributed by atoms with E-state index < -0.39 is 6.48 Å². The van der Waals surface area contributed by atoms with Crippen LogP contribution >= 0.6 is 0 Å². The van der Waals surface area contributed by atoms with Gasteiger partial charge in [-0.25, -0.2) is 0 Å². The van der Waals surface area contributed by atoms with Crippen molar-refractivity contribution < 1.29 is 14.2 Å². The molecule has 1 aromatic rings. The van der Waals surface area contributed by atoms with Crippen LogP contribution in [0, 0.1) is 6.07 Å². The molecule has 2 rings (SSSR count). The summed E-state index contributed by atoms with van der Waals surface area (Å²) in [6.45, 7) is -0.596. The van der Waals surface area contributed by atoms with Crippen LogP contribution in [0.5, 0.6) is 11.5 Å². The van der Waals surface area contributed by atoms with Gasteiger partial charge in [0.05, 0.1) is 0 Å². The molecule has 1 unspecified atom stereocenters. The highest BCUT2D eigenvalue weighted by molar-refractivity contribution is 5.40. The minimum Gasteiger partial charge on any atom is -0.428 e. The number of benzene rings is 1. The van der Waals surface area contributed by atoms with Crippen LogP contribution in [-0.2, 0) is 4.74 Å². The Labute approximate surface area is 64.5 Å². The van der Waals surface area contributed by atoms with Crippen LogP contribution in [0.15, 0.2) is 18.2 Å². The van der Waals surface area contributed by atoms with Crippen molar-refractivity contribution in [3.8, 4) is 11.5 Å². The molecule has 1 aliphatic heterocycles. The van der Waals surface area contributed by atoms with Gasteiger partial charge in [0.15, 0.2) is 11.5 Å². The van der Waals surface area contributed by atoms with E-state index in [-0.39, 0.29) is 0 Å². The van der Waals surface area contributed by atoms with Gasteiger partial charge in [-0.05, 0) is 18.2 Å². The summed E-state index contributed by atoms with van der Waals surface area (Å²) in [7, 11) is 1.53. The number of methoxy groups -OCH3 is 1. The molecular weight excluding hydrogens is 144 g/mol. The smallest absolute Gasteiger partial charge is 0.360 e. The molecule has 0 spiro atoms. The number of hydrogen-bond donors (Lipinski definition) is 0. The molecule has 1 aromatic carbocycles. The Bertz CT molecular complexity index is 234. The van der Waals surface area contributed by atoms with Crippen molar-refractivity contribution >= 4 is 0 Å². The van der Waals surface area contributed by atoms with E-state index in [0.29, 0.717) is 11.5 Å². The van der Waals surface area contributed by atoms with E-state index >= 15 is 0 Å². The Kier molecular flexibility index (Phi) is 1.43. The summed E-state index contributed by atoms with van der Waals surface area (Å²) in [6.07, 6.45) is 0. The highest BCUT2D eigenvalue weighted by atomic mass is 16.9. The molecular formula is C8H7O3. The first-order chi connectivity index (χ1) is 5.40. The van der Waals surface area contributed by atoms with Crippen molar-refractivity contribution in [2.24, 2.45) is 0 Å². The van der Waals surface area contributed by atoms with Crippen LogP contribution in [0.2, 0.25) is 0 Å². The topological polar surface area (TPSA) is 27.7 Å². The molecule has 1 aliphatic rings.